The molecule has 2 heterocycles. The fourth-order valence-corrected chi connectivity index (χ4v) is 5.07. The van der Waals surface area contributed by atoms with Gasteiger partial charge in [-0.3, -0.25) is 4.79 Å². The van der Waals surface area contributed by atoms with E-state index >= 15 is 0 Å². The van der Waals surface area contributed by atoms with Crippen molar-refractivity contribution in [3.8, 4) is 17.3 Å². The third-order valence-corrected chi connectivity index (χ3v) is 7.32. The Balaban J connectivity index is 1.35. The molecule has 2 aromatic heterocycles. The van der Waals surface area contributed by atoms with Crippen LogP contribution in [0.5, 0.6) is 5.75 Å². The Labute approximate surface area is 242 Å². The number of nitrogens with zero attached hydrogens (tertiary/aromatic N) is 3. The third kappa shape index (κ3) is 5.32. The van der Waals surface area contributed by atoms with Gasteiger partial charge in [0.1, 0.15) is 17.9 Å². The molecular weight excluding hydrogens is 625 g/mol. The fraction of sp³-hybridized carbons (Fsp3) is 0.0645. The quantitative estimate of drug-likeness (QED) is 0.137. The van der Waals surface area contributed by atoms with E-state index in [0.29, 0.717) is 39.7 Å². The van der Waals surface area contributed by atoms with Gasteiger partial charge in [-0.1, -0.05) is 53.6 Å². The van der Waals surface area contributed by atoms with Crippen molar-refractivity contribution in [2.75, 3.05) is 0 Å². The van der Waals surface area contributed by atoms with Crippen LogP contribution in [0, 0.1) is 10.5 Å². The van der Waals surface area contributed by atoms with Crippen LogP contribution in [0.4, 0.5) is 0 Å². The molecule has 0 aliphatic carbocycles. The van der Waals surface area contributed by atoms with Gasteiger partial charge in [0.2, 0.25) is 5.82 Å². The van der Waals surface area contributed by atoms with Gasteiger partial charge in [-0.2, -0.15) is 9.78 Å². The molecule has 8 heteroatoms. The summed E-state index contributed by atoms with van der Waals surface area (Å²) in [4.78, 5) is 18.2. The van der Waals surface area contributed by atoms with Gasteiger partial charge in [0.15, 0.2) is 5.76 Å². The number of halogens is 2. The Bertz CT molecular complexity index is 1930. The van der Waals surface area contributed by atoms with Crippen molar-refractivity contribution in [2.24, 2.45) is 5.10 Å². The molecule has 0 N–H and O–H groups in total. The van der Waals surface area contributed by atoms with E-state index in [1.165, 1.54) is 10.2 Å². The molecule has 0 aliphatic rings. The summed E-state index contributed by atoms with van der Waals surface area (Å²) < 4.78 is 14.3. The first-order valence-electron chi connectivity index (χ1n) is 12.2. The van der Waals surface area contributed by atoms with Crippen molar-refractivity contribution in [2.45, 2.75) is 13.5 Å². The summed E-state index contributed by atoms with van der Waals surface area (Å²) in [6, 6.07) is 28.4. The monoisotopic (exact) mass is 645 g/mol. The molecule has 6 aromatic rings. The predicted molar refractivity (Wildman–Crippen MR) is 164 cm³/mol. The molecule has 6 nitrogen and oxygen atoms in total. The molecule has 4 aromatic carbocycles. The first-order valence-corrected chi connectivity index (χ1v) is 13.6. The Hall–Kier alpha value is -3.95. The standard InChI is InChI=1S/C31H21ClIN3O3/c1-19-6-8-20(9-7-19)18-38-28-12-10-21(14-25(28)33)17-34-36-30(35-26-5-3-2-4-24(26)31(36)37)29-16-22-15-23(32)11-13-27(22)39-29/h2-17H,18H2,1H3. The lowest BCUT2D eigenvalue weighted by atomic mass is 10.2. The first kappa shape index (κ1) is 25.3. The van der Waals surface area contributed by atoms with E-state index in [9.17, 15) is 4.79 Å². The molecule has 0 saturated heterocycles. The minimum atomic E-state index is -0.293. The minimum absolute atomic E-state index is 0.293. The Kier molecular flexibility index (Phi) is 6.93. The van der Waals surface area contributed by atoms with Crippen LogP contribution in [0.2, 0.25) is 5.02 Å². The second-order valence-electron chi connectivity index (χ2n) is 9.07. The molecule has 0 atom stereocenters. The summed E-state index contributed by atoms with van der Waals surface area (Å²) in [5.41, 5.74) is 4.04. The normalized spacial score (nSPS) is 11.6. The second-order valence-corrected chi connectivity index (χ2v) is 10.7. The Morgan fingerprint density at radius 2 is 1.85 bits per heavy atom. The molecule has 0 radical (unpaired) electrons. The summed E-state index contributed by atoms with van der Waals surface area (Å²) in [6.45, 7) is 2.54. The Morgan fingerprint density at radius 3 is 2.67 bits per heavy atom. The zero-order valence-corrected chi connectivity index (χ0v) is 23.7. The van der Waals surface area contributed by atoms with Gasteiger partial charge >= 0.3 is 0 Å². The highest BCUT2D eigenvalue weighted by atomic mass is 127. The maximum atomic E-state index is 13.5. The van der Waals surface area contributed by atoms with Gasteiger partial charge in [0, 0.05) is 10.4 Å². The number of aromatic nitrogens is 2. The van der Waals surface area contributed by atoms with Gasteiger partial charge in [0.05, 0.1) is 20.7 Å². The zero-order valence-electron chi connectivity index (χ0n) is 20.8. The number of aryl methyl sites for hydroxylation is 1. The van der Waals surface area contributed by atoms with Crippen LogP contribution in [0.15, 0.2) is 105 Å². The Morgan fingerprint density at radius 1 is 1.03 bits per heavy atom. The summed E-state index contributed by atoms with van der Waals surface area (Å²) in [5, 5.41) is 6.42. The summed E-state index contributed by atoms with van der Waals surface area (Å²) in [7, 11) is 0. The van der Waals surface area contributed by atoms with E-state index in [4.69, 9.17) is 25.7 Å². The molecule has 39 heavy (non-hydrogen) atoms. The summed E-state index contributed by atoms with van der Waals surface area (Å²) in [5.74, 6) is 1.50. The summed E-state index contributed by atoms with van der Waals surface area (Å²) in [6.07, 6.45) is 1.63. The highest BCUT2D eigenvalue weighted by molar-refractivity contribution is 14.1. The van der Waals surface area contributed by atoms with E-state index in [1.807, 2.05) is 30.3 Å². The van der Waals surface area contributed by atoms with Crippen molar-refractivity contribution >= 4 is 62.3 Å². The number of rotatable bonds is 6. The average molecular weight is 646 g/mol. The van der Waals surface area contributed by atoms with Crippen molar-refractivity contribution in [1.29, 1.82) is 0 Å². The number of fused-ring (bicyclic) bond motifs is 2. The average Bonchev–Trinajstić information content (AvgIpc) is 3.36. The minimum Gasteiger partial charge on any atom is -0.488 e. The third-order valence-electron chi connectivity index (χ3n) is 6.25. The molecule has 6 rings (SSSR count). The fourth-order valence-electron chi connectivity index (χ4n) is 4.20. The topological polar surface area (TPSA) is 69.6 Å². The van der Waals surface area contributed by atoms with Crippen LogP contribution >= 0.6 is 34.2 Å². The number of furan rings is 1. The lowest BCUT2D eigenvalue weighted by Gasteiger charge is -2.10. The van der Waals surface area contributed by atoms with Crippen molar-refractivity contribution in [3.63, 3.8) is 0 Å². The predicted octanol–water partition coefficient (Wildman–Crippen LogP) is 7.84. The molecule has 0 fully saturated rings. The van der Waals surface area contributed by atoms with Crippen LogP contribution in [-0.4, -0.2) is 15.9 Å². The van der Waals surface area contributed by atoms with Crippen LogP contribution in [0.1, 0.15) is 16.7 Å². The molecule has 192 valence electrons. The van der Waals surface area contributed by atoms with Crippen LogP contribution in [-0.2, 0) is 6.61 Å². The largest absolute Gasteiger partial charge is 0.488 e. The SMILES string of the molecule is Cc1ccc(COc2ccc(C=Nn3c(-c4cc5cc(Cl)ccc5o4)nc4ccccc4c3=O)cc2I)cc1. The number of hydrogen-bond acceptors (Lipinski definition) is 5. The number of ether oxygens (including phenoxy) is 1. The first-order chi connectivity index (χ1) is 18.9. The van der Waals surface area contributed by atoms with Crippen LogP contribution in [0.25, 0.3) is 33.5 Å². The van der Waals surface area contributed by atoms with Gasteiger partial charge in [-0.05, 0) is 95.2 Å². The maximum absolute atomic E-state index is 13.5. The molecule has 0 amide bonds. The molecule has 0 spiro atoms. The van der Waals surface area contributed by atoms with Crippen molar-refractivity contribution < 1.29 is 9.15 Å². The highest BCUT2D eigenvalue weighted by Crippen LogP contribution is 2.29. The molecule has 0 bridgehead atoms. The van der Waals surface area contributed by atoms with Gasteiger partial charge in [0.25, 0.3) is 5.56 Å². The van der Waals surface area contributed by atoms with Crippen molar-refractivity contribution in [3.05, 3.63) is 127 Å². The van der Waals surface area contributed by atoms with Crippen LogP contribution in [0.3, 0.4) is 0 Å². The lowest BCUT2D eigenvalue weighted by molar-refractivity contribution is 0.304. The van der Waals surface area contributed by atoms with Crippen molar-refractivity contribution in [1.82, 2.24) is 9.66 Å². The number of benzene rings is 4. The molecule has 0 unspecified atom stereocenters. The zero-order chi connectivity index (χ0) is 26.9. The van der Waals surface area contributed by atoms with E-state index in [-0.39, 0.29) is 5.56 Å². The maximum Gasteiger partial charge on any atom is 0.282 e. The van der Waals surface area contributed by atoms with Gasteiger partial charge < -0.3 is 9.15 Å². The van der Waals surface area contributed by atoms with E-state index in [2.05, 4.69) is 58.9 Å². The summed E-state index contributed by atoms with van der Waals surface area (Å²) >= 11 is 8.40. The highest BCUT2D eigenvalue weighted by Gasteiger charge is 2.16. The number of hydrogen-bond donors (Lipinski definition) is 0. The molecule has 0 saturated carbocycles. The molecule has 0 aliphatic heterocycles. The number of para-hydroxylation sites is 1. The van der Waals surface area contributed by atoms with Crippen LogP contribution < -0.4 is 10.3 Å². The van der Waals surface area contributed by atoms with E-state index < -0.39 is 0 Å². The van der Waals surface area contributed by atoms with Gasteiger partial charge in [-0.25, -0.2) is 4.98 Å². The second kappa shape index (κ2) is 10.7. The smallest absolute Gasteiger partial charge is 0.282 e. The lowest BCUT2D eigenvalue weighted by Crippen LogP contribution is -2.20. The van der Waals surface area contributed by atoms with E-state index in [0.717, 1.165) is 25.8 Å². The van der Waals surface area contributed by atoms with Gasteiger partial charge in [-0.15, -0.1) is 0 Å². The molecular formula is C31H21ClIN3O3. The van der Waals surface area contributed by atoms with E-state index in [1.54, 1.807) is 42.6 Å².